The molecule has 0 spiro atoms. The lowest BCUT2D eigenvalue weighted by molar-refractivity contribution is 0.102. The van der Waals surface area contributed by atoms with Crippen molar-refractivity contribution in [1.82, 2.24) is 24.8 Å². The minimum absolute atomic E-state index is 0.0804. The third kappa shape index (κ3) is 2.18. The average Bonchev–Trinajstić information content (AvgIpc) is 2.95. The number of hydrogen-bond donors (Lipinski definition) is 0. The van der Waals surface area contributed by atoms with E-state index >= 15 is 0 Å². The van der Waals surface area contributed by atoms with Crippen LogP contribution < -0.4 is 0 Å². The van der Waals surface area contributed by atoms with Crippen LogP contribution >= 0.6 is 0 Å². The summed E-state index contributed by atoms with van der Waals surface area (Å²) in [6, 6.07) is 1.83. The van der Waals surface area contributed by atoms with Gasteiger partial charge in [-0.25, -0.2) is 4.68 Å². The Balaban J connectivity index is 2.35. The maximum Gasteiger partial charge on any atom is 0.230 e. The number of aryl methyl sites for hydroxylation is 3. The summed E-state index contributed by atoms with van der Waals surface area (Å²) in [6.07, 6.45) is 3.24. The smallest absolute Gasteiger partial charge is 0.230 e. The summed E-state index contributed by atoms with van der Waals surface area (Å²) < 4.78 is 3.26. The normalized spacial score (nSPS) is 10.8. The fourth-order valence-corrected chi connectivity index (χ4v) is 1.85. The lowest BCUT2D eigenvalue weighted by atomic mass is 10.2. The molecule has 0 saturated heterocycles. The topological polar surface area (TPSA) is 65.6 Å². The molecule has 0 atom stereocenters. The number of aromatic nitrogens is 5. The zero-order valence-corrected chi connectivity index (χ0v) is 10.9. The molecule has 2 aromatic heterocycles. The third-order valence-electron chi connectivity index (χ3n) is 2.81. The minimum Gasteiger partial charge on any atom is -0.285 e. The lowest BCUT2D eigenvalue weighted by Gasteiger charge is -2.03. The molecule has 0 aromatic carbocycles. The average molecular weight is 247 g/mol. The molecule has 0 radical (unpaired) electrons. The van der Waals surface area contributed by atoms with E-state index in [4.69, 9.17) is 0 Å². The van der Waals surface area contributed by atoms with Crippen LogP contribution in [0.5, 0.6) is 0 Å². The first-order chi connectivity index (χ1) is 8.67. The summed E-state index contributed by atoms with van der Waals surface area (Å²) in [5.41, 5.74) is 2.00. The number of ketones is 1. The van der Waals surface area contributed by atoms with E-state index < -0.39 is 0 Å². The summed E-state index contributed by atoms with van der Waals surface area (Å²) in [7, 11) is 1.78. The number of rotatable bonds is 5. The molecular weight excluding hydrogens is 230 g/mol. The molecule has 2 rings (SSSR count). The first-order valence-electron chi connectivity index (χ1n) is 6.13. The Bertz CT molecular complexity index is 555. The standard InChI is InChI=1S/C12H17N5O/c1-4-6-17-11(8-13-15-17)12(18)10-7-9(5-2)14-16(10)3/h7-8H,4-6H2,1-3H3. The second-order valence-electron chi connectivity index (χ2n) is 4.17. The van der Waals surface area contributed by atoms with Gasteiger partial charge in [0.15, 0.2) is 0 Å². The van der Waals surface area contributed by atoms with Gasteiger partial charge < -0.3 is 0 Å². The molecule has 0 bridgehead atoms. The van der Waals surface area contributed by atoms with Gasteiger partial charge in [-0.1, -0.05) is 19.1 Å². The zero-order valence-electron chi connectivity index (χ0n) is 10.9. The fraction of sp³-hybridized carbons (Fsp3) is 0.500. The Labute approximate surface area is 106 Å². The second kappa shape index (κ2) is 5.12. The number of carbonyl (C=O) groups excluding carboxylic acids is 1. The van der Waals surface area contributed by atoms with Crippen LogP contribution in [0.1, 0.15) is 42.1 Å². The molecular formula is C12H17N5O. The first-order valence-corrected chi connectivity index (χ1v) is 6.13. The van der Waals surface area contributed by atoms with Crippen molar-refractivity contribution in [1.29, 1.82) is 0 Å². The Morgan fingerprint density at radius 1 is 1.33 bits per heavy atom. The van der Waals surface area contributed by atoms with E-state index in [1.165, 1.54) is 6.20 Å². The van der Waals surface area contributed by atoms with Gasteiger partial charge in [-0.05, 0) is 18.9 Å². The second-order valence-corrected chi connectivity index (χ2v) is 4.17. The molecule has 0 aliphatic carbocycles. The van der Waals surface area contributed by atoms with Crippen molar-refractivity contribution >= 4 is 5.78 Å². The van der Waals surface area contributed by atoms with Gasteiger partial charge in [-0.2, -0.15) is 5.10 Å². The summed E-state index contributed by atoms with van der Waals surface area (Å²) in [5, 5.41) is 12.0. The maximum atomic E-state index is 12.4. The van der Waals surface area contributed by atoms with Crippen LogP contribution in [0.4, 0.5) is 0 Å². The molecule has 0 unspecified atom stereocenters. The predicted octanol–water partition coefficient (Wildman–Crippen LogP) is 1.22. The van der Waals surface area contributed by atoms with Gasteiger partial charge in [0.05, 0.1) is 11.9 Å². The van der Waals surface area contributed by atoms with Crippen molar-refractivity contribution < 1.29 is 4.79 Å². The highest BCUT2D eigenvalue weighted by molar-refractivity contribution is 6.06. The largest absolute Gasteiger partial charge is 0.285 e. The number of nitrogens with zero attached hydrogens (tertiary/aromatic N) is 5. The highest BCUT2D eigenvalue weighted by Crippen LogP contribution is 2.10. The van der Waals surface area contributed by atoms with Crippen LogP contribution in [0.3, 0.4) is 0 Å². The van der Waals surface area contributed by atoms with E-state index in [1.54, 1.807) is 16.4 Å². The van der Waals surface area contributed by atoms with Crippen molar-refractivity contribution in [3.63, 3.8) is 0 Å². The van der Waals surface area contributed by atoms with E-state index in [-0.39, 0.29) is 5.78 Å². The molecule has 0 N–H and O–H groups in total. The van der Waals surface area contributed by atoms with E-state index in [9.17, 15) is 4.79 Å². The van der Waals surface area contributed by atoms with Crippen LogP contribution in [0, 0.1) is 0 Å². The zero-order chi connectivity index (χ0) is 13.1. The van der Waals surface area contributed by atoms with Crippen molar-refractivity contribution in [2.75, 3.05) is 0 Å². The van der Waals surface area contributed by atoms with Crippen LogP contribution in [0.15, 0.2) is 12.3 Å². The van der Waals surface area contributed by atoms with Crippen LogP contribution in [-0.2, 0) is 20.0 Å². The highest BCUT2D eigenvalue weighted by atomic mass is 16.1. The highest BCUT2D eigenvalue weighted by Gasteiger charge is 2.19. The monoisotopic (exact) mass is 247 g/mol. The predicted molar refractivity (Wildman–Crippen MR) is 66.3 cm³/mol. The molecule has 96 valence electrons. The minimum atomic E-state index is -0.0804. The van der Waals surface area contributed by atoms with Gasteiger partial charge >= 0.3 is 0 Å². The number of hydrogen-bond acceptors (Lipinski definition) is 4. The molecule has 18 heavy (non-hydrogen) atoms. The summed E-state index contributed by atoms with van der Waals surface area (Å²) >= 11 is 0. The SMILES string of the molecule is CCCn1nncc1C(=O)c1cc(CC)nn1C. The van der Waals surface area contributed by atoms with Gasteiger partial charge in [0.2, 0.25) is 5.78 Å². The Kier molecular flexibility index (Phi) is 3.55. The Hall–Kier alpha value is -1.98. The van der Waals surface area contributed by atoms with Gasteiger partial charge in [-0.3, -0.25) is 9.48 Å². The van der Waals surface area contributed by atoms with Gasteiger partial charge in [0.25, 0.3) is 0 Å². The van der Waals surface area contributed by atoms with Crippen molar-refractivity contribution in [2.45, 2.75) is 33.2 Å². The molecule has 6 heteroatoms. The van der Waals surface area contributed by atoms with Crippen LogP contribution in [-0.4, -0.2) is 30.6 Å². The van der Waals surface area contributed by atoms with E-state index in [1.807, 2.05) is 19.9 Å². The van der Waals surface area contributed by atoms with Crippen molar-refractivity contribution in [3.05, 3.63) is 29.3 Å². The molecule has 2 heterocycles. The molecule has 0 amide bonds. The van der Waals surface area contributed by atoms with E-state index in [2.05, 4.69) is 15.4 Å². The molecule has 6 nitrogen and oxygen atoms in total. The molecule has 0 aliphatic rings. The van der Waals surface area contributed by atoms with Crippen LogP contribution in [0.2, 0.25) is 0 Å². The van der Waals surface area contributed by atoms with Crippen molar-refractivity contribution in [2.24, 2.45) is 7.05 Å². The summed E-state index contributed by atoms with van der Waals surface area (Å²) in [5.74, 6) is -0.0804. The summed E-state index contributed by atoms with van der Waals surface area (Å²) in [4.78, 5) is 12.4. The molecule has 0 aliphatic heterocycles. The number of carbonyl (C=O) groups is 1. The van der Waals surface area contributed by atoms with E-state index in [0.29, 0.717) is 17.9 Å². The first kappa shape index (κ1) is 12.5. The quantitative estimate of drug-likeness (QED) is 0.745. The van der Waals surface area contributed by atoms with Gasteiger partial charge in [-0.15, -0.1) is 5.10 Å². The fourth-order valence-electron chi connectivity index (χ4n) is 1.85. The Morgan fingerprint density at radius 3 is 2.72 bits per heavy atom. The van der Waals surface area contributed by atoms with E-state index in [0.717, 1.165) is 18.5 Å². The Morgan fingerprint density at radius 2 is 2.11 bits per heavy atom. The van der Waals surface area contributed by atoms with Gasteiger partial charge in [0.1, 0.15) is 11.4 Å². The third-order valence-corrected chi connectivity index (χ3v) is 2.81. The molecule has 0 saturated carbocycles. The van der Waals surface area contributed by atoms with Crippen LogP contribution in [0.25, 0.3) is 0 Å². The lowest BCUT2D eigenvalue weighted by Crippen LogP contribution is -2.14. The van der Waals surface area contributed by atoms with Crippen molar-refractivity contribution in [3.8, 4) is 0 Å². The maximum absolute atomic E-state index is 12.4. The van der Waals surface area contributed by atoms with Gasteiger partial charge in [0, 0.05) is 13.6 Å². The molecule has 2 aromatic rings. The summed E-state index contributed by atoms with van der Waals surface area (Å²) in [6.45, 7) is 4.74. The molecule has 0 fully saturated rings.